The van der Waals surface area contributed by atoms with Gasteiger partial charge in [-0.15, -0.1) is 0 Å². The maximum absolute atomic E-state index is 5.95. The summed E-state index contributed by atoms with van der Waals surface area (Å²) in [6.07, 6.45) is 7.06. The Morgan fingerprint density at radius 1 is 0.794 bits per heavy atom. The van der Waals surface area contributed by atoms with Gasteiger partial charge in [-0.1, -0.05) is 0 Å². The molecule has 0 bridgehead atoms. The van der Waals surface area contributed by atoms with Crippen molar-refractivity contribution in [1.29, 1.82) is 0 Å². The van der Waals surface area contributed by atoms with E-state index < -0.39 is 7.12 Å². The zero-order valence-corrected chi connectivity index (χ0v) is 22.2. The third-order valence-electron chi connectivity index (χ3n) is 6.38. The zero-order chi connectivity index (χ0) is 24.5. The molecule has 184 valence electrons. The fourth-order valence-corrected chi connectivity index (χ4v) is 3.81. The molecule has 0 atom stereocenters. The number of aromatic nitrogens is 4. The minimum absolute atomic E-state index is 0.215. The molecule has 10 nitrogen and oxygen atoms in total. The zero-order valence-electron chi connectivity index (χ0n) is 20.6. The number of halogens is 1. The molecule has 34 heavy (non-hydrogen) atoms. The lowest BCUT2D eigenvalue weighted by atomic mass is 9.85. The van der Waals surface area contributed by atoms with E-state index in [4.69, 9.17) is 18.8 Å². The van der Waals surface area contributed by atoms with Gasteiger partial charge < -0.3 is 18.8 Å². The lowest BCUT2D eigenvalue weighted by molar-refractivity contribution is 0.00578. The molecule has 0 unspecified atom stereocenters. The third kappa shape index (κ3) is 6.03. The van der Waals surface area contributed by atoms with Crippen LogP contribution in [0.1, 0.15) is 27.7 Å². The van der Waals surface area contributed by atoms with Crippen molar-refractivity contribution < 1.29 is 18.8 Å². The van der Waals surface area contributed by atoms with Crippen LogP contribution in [0.25, 0.3) is 0 Å². The first-order valence-electron chi connectivity index (χ1n) is 11.4. The number of likely N-dealkylation sites (N-methyl/N-ethyl adjacent to an activating group) is 2. The summed E-state index contributed by atoms with van der Waals surface area (Å²) >= 11 is 3.21. The van der Waals surface area contributed by atoms with Crippen molar-refractivity contribution in [3.05, 3.63) is 29.4 Å². The van der Waals surface area contributed by atoms with Gasteiger partial charge in [-0.25, -0.2) is 15.0 Å². The smallest absolute Gasteiger partial charge is 0.471 e. The van der Waals surface area contributed by atoms with Crippen molar-refractivity contribution >= 4 is 28.6 Å². The lowest BCUT2D eigenvalue weighted by Crippen LogP contribution is -2.51. The lowest BCUT2D eigenvalue weighted by Gasteiger charge is -2.35. The highest BCUT2D eigenvalue weighted by molar-refractivity contribution is 9.10. The van der Waals surface area contributed by atoms with E-state index in [2.05, 4.69) is 59.8 Å². The second-order valence-corrected chi connectivity index (χ2v) is 10.8. The van der Waals surface area contributed by atoms with Crippen molar-refractivity contribution in [2.75, 3.05) is 40.3 Å². The average molecular weight is 535 g/mol. The fraction of sp³-hybridized carbons (Fsp3) is 0.636. The van der Waals surface area contributed by atoms with Crippen LogP contribution in [0, 0.1) is 0 Å². The predicted molar refractivity (Wildman–Crippen MR) is 131 cm³/mol. The molecule has 3 aliphatic heterocycles. The molecular formula is C22H32BBrN6O4. The van der Waals surface area contributed by atoms with E-state index in [0.717, 1.165) is 30.8 Å². The Morgan fingerprint density at radius 2 is 1.26 bits per heavy atom. The Bertz CT molecular complexity index is 937. The molecule has 0 aromatic carbocycles. The van der Waals surface area contributed by atoms with Gasteiger partial charge in [0.1, 0.15) is 16.8 Å². The molecule has 12 heteroatoms. The highest BCUT2D eigenvalue weighted by atomic mass is 79.9. The number of nitrogens with zero attached hydrogens (tertiary/aromatic N) is 6. The molecule has 0 saturated carbocycles. The second-order valence-electron chi connectivity index (χ2n) is 9.97. The van der Waals surface area contributed by atoms with Crippen LogP contribution >= 0.6 is 15.9 Å². The van der Waals surface area contributed by atoms with Crippen LogP contribution in [0.15, 0.2) is 29.4 Å². The van der Waals surface area contributed by atoms with Crippen LogP contribution in [0.4, 0.5) is 0 Å². The monoisotopic (exact) mass is 534 g/mol. The van der Waals surface area contributed by atoms with Crippen molar-refractivity contribution in [3.63, 3.8) is 0 Å². The standard InChI is InChI=1S/C14H22BN3O3.C8H10BrN3O/c1-13(2)14(3,4)21-15(20-13)11-6-17-12(7-16-11)19-10-8-18(5)9-10;1-12-4-6(5-12)13-8-3-10-7(9)2-11-8/h6-7,10H,8-9H2,1-5H3;2-3,6H,4-5H2,1H3. The highest BCUT2D eigenvalue weighted by Crippen LogP contribution is 2.36. The summed E-state index contributed by atoms with van der Waals surface area (Å²) in [6.45, 7) is 11.9. The van der Waals surface area contributed by atoms with Crippen molar-refractivity contribution in [2.24, 2.45) is 0 Å². The minimum Gasteiger partial charge on any atom is -0.471 e. The van der Waals surface area contributed by atoms with E-state index >= 15 is 0 Å². The van der Waals surface area contributed by atoms with Gasteiger partial charge in [0, 0.05) is 32.4 Å². The number of rotatable bonds is 5. The van der Waals surface area contributed by atoms with E-state index in [1.807, 2.05) is 27.7 Å². The Morgan fingerprint density at radius 3 is 1.65 bits per heavy atom. The van der Waals surface area contributed by atoms with Crippen LogP contribution in [0.2, 0.25) is 0 Å². The van der Waals surface area contributed by atoms with Crippen LogP contribution < -0.4 is 15.1 Å². The summed E-state index contributed by atoms with van der Waals surface area (Å²) in [5, 5.41) is 0. The molecule has 2 aromatic rings. The van der Waals surface area contributed by atoms with E-state index in [-0.39, 0.29) is 23.4 Å². The number of likely N-dealkylation sites (tertiary alicyclic amines) is 2. The minimum atomic E-state index is -0.480. The Hall–Kier alpha value is -1.86. The largest absolute Gasteiger partial charge is 0.516 e. The van der Waals surface area contributed by atoms with Gasteiger partial charge in [-0.2, -0.15) is 0 Å². The molecule has 0 N–H and O–H groups in total. The number of hydrogen-bond acceptors (Lipinski definition) is 10. The Kier molecular flexibility index (Phi) is 7.44. The van der Waals surface area contributed by atoms with E-state index in [0.29, 0.717) is 17.4 Å². The van der Waals surface area contributed by atoms with E-state index in [1.54, 1.807) is 24.8 Å². The summed E-state index contributed by atoms with van der Waals surface area (Å²) < 4.78 is 23.9. The molecule has 0 aliphatic carbocycles. The summed E-state index contributed by atoms with van der Waals surface area (Å²) in [4.78, 5) is 21.2. The van der Waals surface area contributed by atoms with Gasteiger partial charge in [0.15, 0.2) is 0 Å². The van der Waals surface area contributed by atoms with Crippen LogP contribution in [0.3, 0.4) is 0 Å². The Labute approximate surface area is 209 Å². The highest BCUT2D eigenvalue weighted by Gasteiger charge is 2.52. The second kappa shape index (κ2) is 10.0. The average Bonchev–Trinajstić information content (AvgIpc) is 2.95. The number of ether oxygens (including phenoxy) is 2. The molecule has 0 spiro atoms. The fourth-order valence-electron chi connectivity index (χ4n) is 3.61. The molecule has 5 rings (SSSR count). The van der Waals surface area contributed by atoms with Crippen LogP contribution in [-0.2, 0) is 9.31 Å². The van der Waals surface area contributed by atoms with Gasteiger partial charge in [-0.3, -0.25) is 14.8 Å². The van der Waals surface area contributed by atoms with E-state index in [9.17, 15) is 0 Å². The Balaban J connectivity index is 0.000000180. The molecule has 3 saturated heterocycles. The van der Waals surface area contributed by atoms with Crippen molar-refractivity contribution in [1.82, 2.24) is 29.7 Å². The number of hydrogen-bond donors (Lipinski definition) is 0. The third-order valence-corrected chi connectivity index (χ3v) is 6.79. The maximum Gasteiger partial charge on any atom is 0.516 e. The van der Waals surface area contributed by atoms with Gasteiger partial charge in [0.25, 0.3) is 0 Å². The topological polar surface area (TPSA) is 95.0 Å². The molecule has 2 aromatic heterocycles. The molecule has 3 aliphatic rings. The van der Waals surface area contributed by atoms with E-state index in [1.165, 1.54) is 0 Å². The quantitative estimate of drug-likeness (QED) is 0.524. The first-order valence-corrected chi connectivity index (χ1v) is 12.2. The summed E-state index contributed by atoms with van der Waals surface area (Å²) in [5.41, 5.74) is -0.0671. The van der Waals surface area contributed by atoms with Crippen LogP contribution in [-0.4, -0.2) is 101 Å². The molecule has 0 radical (unpaired) electrons. The van der Waals surface area contributed by atoms with Gasteiger partial charge in [0.2, 0.25) is 11.8 Å². The molecule has 0 amide bonds. The first-order chi connectivity index (χ1) is 16.0. The van der Waals surface area contributed by atoms with Gasteiger partial charge in [0.05, 0.1) is 35.4 Å². The molecular weight excluding hydrogens is 503 g/mol. The summed E-state index contributed by atoms with van der Waals surface area (Å²) in [5.74, 6) is 1.15. The van der Waals surface area contributed by atoms with Crippen molar-refractivity contribution in [3.8, 4) is 11.8 Å². The molecule has 5 heterocycles. The summed E-state index contributed by atoms with van der Waals surface area (Å²) in [7, 11) is 3.64. The van der Waals surface area contributed by atoms with Crippen molar-refractivity contribution in [2.45, 2.75) is 51.1 Å². The van der Waals surface area contributed by atoms with Gasteiger partial charge >= 0.3 is 7.12 Å². The normalized spacial score (nSPS) is 22.4. The summed E-state index contributed by atoms with van der Waals surface area (Å²) in [6, 6.07) is 0. The van der Waals surface area contributed by atoms with Crippen LogP contribution in [0.5, 0.6) is 11.8 Å². The first kappa shape index (κ1) is 25.2. The molecule has 3 fully saturated rings. The predicted octanol–water partition coefficient (Wildman–Crippen LogP) is 1.40. The SMILES string of the molecule is CN1CC(Oc2cnc(B3OC(C)(C)C(C)(C)O3)cn2)C1.CN1CC(Oc2cnc(Br)cn2)C1. The van der Waals surface area contributed by atoms with Gasteiger partial charge in [-0.05, 0) is 57.7 Å². The maximum atomic E-state index is 5.95.